The zero-order valence-corrected chi connectivity index (χ0v) is 10.8. The van der Waals surface area contributed by atoms with Crippen LogP contribution in [0.1, 0.15) is 18.4 Å². The second kappa shape index (κ2) is 5.83. The zero-order chi connectivity index (χ0) is 12.2. The summed E-state index contributed by atoms with van der Waals surface area (Å²) in [5.41, 5.74) is 1.28. The molecule has 3 nitrogen and oxygen atoms in total. The summed E-state index contributed by atoms with van der Waals surface area (Å²) in [4.78, 5) is 2.59. The standard InChI is InChI=1S/C15H22N2O/c1-2-4-13(5-3-1)12-18-15-7-9-17(11-15)14-6-8-16-10-14/h1-5,14-16H,6-12H2. The molecular formula is C15H22N2O. The highest BCUT2D eigenvalue weighted by molar-refractivity contribution is 5.13. The van der Waals surface area contributed by atoms with Crippen molar-refractivity contribution in [1.29, 1.82) is 0 Å². The van der Waals surface area contributed by atoms with Crippen LogP contribution in [0.4, 0.5) is 0 Å². The van der Waals surface area contributed by atoms with Crippen molar-refractivity contribution >= 4 is 0 Å². The molecule has 0 spiro atoms. The number of likely N-dealkylation sites (tertiary alicyclic amines) is 1. The number of rotatable bonds is 4. The maximum absolute atomic E-state index is 6.02. The molecule has 0 radical (unpaired) electrons. The lowest BCUT2D eigenvalue weighted by molar-refractivity contribution is 0.0438. The Balaban J connectivity index is 1.45. The average Bonchev–Trinajstić information content (AvgIpc) is 3.08. The molecule has 0 aliphatic carbocycles. The summed E-state index contributed by atoms with van der Waals surface area (Å²) in [5.74, 6) is 0. The van der Waals surface area contributed by atoms with Gasteiger partial charge < -0.3 is 10.1 Å². The van der Waals surface area contributed by atoms with Crippen LogP contribution in [0.15, 0.2) is 30.3 Å². The number of hydrogen-bond donors (Lipinski definition) is 1. The van der Waals surface area contributed by atoms with Gasteiger partial charge in [-0.1, -0.05) is 30.3 Å². The molecule has 1 aromatic carbocycles. The third-order valence-corrected chi connectivity index (χ3v) is 4.06. The first-order valence-corrected chi connectivity index (χ1v) is 7.02. The number of ether oxygens (including phenoxy) is 1. The Morgan fingerprint density at radius 1 is 1.22 bits per heavy atom. The second-order valence-electron chi connectivity index (χ2n) is 5.35. The van der Waals surface area contributed by atoms with Gasteiger partial charge in [-0.15, -0.1) is 0 Å². The van der Waals surface area contributed by atoms with Crippen molar-refractivity contribution in [2.75, 3.05) is 26.2 Å². The van der Waals surface area contributed by atoms with E-state index in [2.05, 4.69) is 34.5 Å². The van der Waals surface area contributed by atoms with Crippen LogP contribution in [0.5, 0.6) is 0 Å². The molecule has 0 aromatic heterocycles. The lowest BCUT2D eigenvalue weighted by Crippen LogP contribution is -2.35. The third kappa shape index (κ3) is 2.91. The van der Waals surface area contributed by atoms with Crippen LogP contribution in [0.25, 0.3) is 0 Å². The van der Waals surface area contributed by atoms with Crippen LogP contribution >= 0.6 is 0 Å². The summed E-state index contributed by atoms with van der Waals surface area (Å²) in [5, 5.41) is 3.44. The van der Waals surface area contributed by atoms with E-state index in [0.717, 1.165) is 25.7 Å². The molecule has 2 saturated heterocycles. The van der Waals surface area contributed by atoms with Crippen LogP contribution in [0.3, 0.4) is 0 Å². The first-order chi connectivity index (χ1) is 8.92. The average molecular weight is 246 g/mol. The molecule has 3 heteroatoms. The van der Waals surface area contributed by atoms with E-state index in [-0.39, 0.29) is 0 Å². The molecule has 98 valence electrons. The normalized spacial score (nSPS) is 28.9. The van der Waals surface area contributed by atoms with Crippen molar-refractivity contribution < 1.29 is 4.74 Å². The minimum Gasteiger partial charge on any atom is -0.372 e. The fourth-order valence-corrected chi connectivity index (χ4v) is 2.96. The van der Waals surface area contributed by atoms with Crippen molar-refractivity contribution in [3.63, 3.8) is 0 Å². The van der Waals surface area contributed by atoms with Gasteiger partial charge in [-0.25, -0.2) is 0 Å². The smallest absolute Gasteiger partial charge is 0.0721 e. The zero-order valence-electron chi connectivity index (χ0n) is 10.8. The number of hydrogen-bond acceptors (Lipinski definition) is 3. The third-order valence-electron chi connectivity index (χ3n) is 4.06. The van der Waals surface area contributed by atoms with Crippen molar-refractivity contribution in [1.82, 2.24) is 10.2 Å². The lowest BCUT2D eigenvalue weighted by Gasteiger charge is -2.22. The van der Waals surface area contributed by atoms with Crippen molar-refractivity contribution in [3.05, 3.63) is 35.9 Å². The maximum atomic E-state index is 6.02. The summed E-state index contributed by atoms with van der Waals surface area (Å²) in [6.45, 7) is 5.40. The van der Waals surface area contributed by atoms with E-state index in [0.29, 0.717) is 6.10 Å². The molecule has 1 aromatic rings. The quantitative estimate of drug-likeness (QED) is 0.874. The molecule has 2 atom stereocenters. The van der Waals surface area contributed by atoms with Gasteiger partial charge in [0.15, 0.2) is 0 Å². The van der Waals surface area contributed by atoms with Gasteiger partial charge in [0.05, 0.1) is 12.7 Å². The van der Waals surface area contributed by atoms with Crippen LogP contribution in [0, 0.1) is 0 Å². The number of nitrogens with zero attached hydrogens (tertiary/aromatic N) is 1. The monoisotopic (exact) mass is 246 g/mol. The minimum atomic E-state index is 0.422. The van der Waals surface area contributed by atoms with E-state index in [1.807, 2.05) is 6.07 Å². The van der Waals surface area contributed by atoms with E-state index in [1.165, 1.54) is 31.5 Å². The molecule has 2 aliphatic rings. The SMILES string of the molecule is c1ccc(COC2CCN(C3CCNC3)C2)cc1. The topological polar surface area (TPSA) is 24.5 Å². The van der Waals surface area contributed by atoms with Crippen LogP contribution in [0.2, 0.25) is 0 Å². The summed E-state index contributed by atoms with van der Waals surface area (Å²) >= 11 is 0. The van der Waals surface area contributed by atoms with Crippen LogP contribution < -0.4 is 5.32 Å². The van der Waals surface area contributed by atoms with Gasteiger partial charge in [-0.2, -0.15) is 0 Å². The highest BCUT2D eigenvalue weighted by Gasteiger charge is 2.30. The van der Waals surface area contributed by atoms with Gasteiger partial charge >= 0.3 is 0 Å². The lowest BCUT2D eigenvalue weighted by atomic mass is 10.2. The summed E-state index contributed by atoms with van der Waals surface area (Å²) < 4.78 is 6.02. The Kier molecular flexibility index (Phi) is 3.93. The molecule has 2 heterocycles. The summed E-state index contributed by atoms with van der Waals surface area (Å²) in [6, 6.07) is 11.2. The van der Waals surface area contributed by atoms with Gasteiger partial charge in [-0.3, -0.25) is 4.90 Å². The first-order valence-electron chi connectivity index (χ1n) is 7.02. The Morgan fingerprint density at radius 2 is 2.11 bits per heavy atom. The van der Waals surface area contributed by atoms with E-state index >= 15 is 0 Å². The van der Waals surface area contributed by atoms with E-state index in [4.69, 9.17) is 4.74 Å². The van der Waals surface area contributed by atoms with Crippen molar-refractivity contribution in [2.24, 2.45) is 0 Å². The molecule has 1 N–H and O–H groups in total. The largest absolute Gasteiger partial charge is 0.372 e. The summed E-state index contributed by atoms with van der Waals surface area (Å²) in [7, 11) is 0. The summed E-state index contributed by atoms with van der Waals surface area (Å²) in [6.07, 6.45) is 2.90. The fraction of sp³-hybridized carbons (Fsp3) is 0.600. The van der Waals surface area contributed by atoms with Gasteiger partial charge in [0, 0.05) is 25.7 Å². The second-order valence-corrected chi connectivity index (χ2v) is 5.35. The highest BCUT2D eigenvalue weighted by atomic mass is 16.5. The Morgan fingerprint density at radius 3 is 2.89 bits per heavy atom. The molecule has 2 aliphatic heterocycles. The Hall–Kier alpha value is -0.900. The van der Waals surface area contributed by atoms with Gasteiger partial charge in [0.2, 0.25) is 0 Å². The van der Waals surface area contributed by atoms with Crippen molar-refractivity contribution in [2.45, 2.75) is 31.6 Å². The van der Waals surface area contributed by atoms with Gasteiger partial charge in [-0.05, 0) is 24.9 Å². The molecule has 18 heavy (non-hydrogen) atoms. The molecule has 0 bridgehead atoms. The van der Waals surface area contributed by atoms with E-state index in [9.17, 15) is 0 Å². The molecule has 0 amide bonds. The molecular weight excluding hydrogens is 224 g/mol. The van der Waals surface area contributed by atoms with E-state index in [1.54, 1.807) is 0 Å². The number of nitrogens with one attached hydrogen (secondary N) is 1. The molecule has 2 fully saturated rings. The van der Waals surface area contributed by atoms with Gasteiger partial charge in [0.1, 0.15) is 0 Å². The van der Waals surface area contributed by atoms with Crippen LogP contribution in [-0.4, -0.2) is 43.2 Å². The number of benzene rings is 1. The fourth-order valence-electron chi connectivity index (χ4n) is 2.96. The molecule has 2 unspecified atom stereocenters. The minimum absolute atomic E-state index is 0.422. The maximum Gasteiger partial charge on any atom is 0.0721 e. The Bertz CT molecular complexity index is 362. The predicted molar refractivity (Wildman–Crippen MR) is 72.5 cm³/mol. The molecule has 3 rings (SSSR count). The molecule has 0 saturated carbocycles. The first kappa shape index (κ1) is 12.2. The van der Waals surface area contributed by atoms with Gasteiger partial charge in [0.25, 0.3) is 0 Å². The van der Waals surface area contributed by atoms with Crippen molar-refractivity contribution in [3.8, 4) is 0 Å². The predicted octanol–water partition coefficient (Wildman–Crippen LogP) is 1.64. The van der Waals surface area contributed by atoms with E-state index < -0.39 is 0 Å². The highest BCUT2D eigenvalue weighted by Crippen LogP contribution is 2.19. The Labute approximate surface area is 109 Å². The van der Waals surface area contributed by atoms with Crippen LogP contribution in [-0.2, 0) is 11.3 Å².